The van der Waals surface area contributed by atoms with Gasteiger partial charge in [0.25, 0.3) is 5.56 Å². The molecule has 0 bridgehead atoms. The first kappa shape index (κ1) is 30.7. The van der Waals surface area contributed by atoms with Gasteiger partial charge in [0.2, 0.25) is 0 Å². The van der Waals surface area contributed by atoms with Crippen LogP contribution in [0.25, 0.3) is 0 Å². The first-order chi connectivity index (χ1) is 19.8. The van der Waals surface area contributed by atoms with Crippen molar-refractivity contribution in [1.29, 1.82) is 0 Å². The van der Waals surface area contributed by atoms with E-state index >= 15 is 0 Å². The van der Waals surface area contributed by atoms with Gasteiger partial charge in [0.15, 0.2) is 11.8 Å². The van der Waals surface area contributed by atoms with E-state index in [2.05, 4.69) is 37.2 Å². The first-order valence-corrected chi connectivity index (χ1v) is 16.9. The lowest BCUT2D eigenvalue weighted by molar-refractivity contribution is -0.124. The summed E-state index contributed by atoms with van der Waals surface area (Å²) in [6.45, 7) is 8.65. The highest BCUT2D eigenvalue weighted by Gasteiger charge is 2.56. The maximum Gasteiger partial charge on any atom is 0.330 e. The largest absolute Gasteiger partial charge is 0.386 e. The van der Waals surface area contributed by atoms with E-state index in [0.29, 0.717) is 12.2 Å². The molecule has 0 spiro atoms. The summed E-state index contributed by atoms with van der Waals surface area (Å²) in [7, 11) is -1.95. The minimum Gasteiger partial charge on any atom is -0.386 e. The lowest BCUT2D eigenvalue weighted by atomic mass is 9.96. The van der Waals surface area contributed by atoms with Crippen molar-refractivity contribution in [2.45, 2.75) is 83.1 Å². The van der Waals surface area contributed by atoms with Crippen molar-refractivity contribution < 1.29 is 19.3 Å². The number of nitrogens with zero attached hydrogens (tertiary/aromatic N) is 1. The molecule has 0 amide bonds. The molecule has 1 fully saturated rings. The lowest BCUT2D eigenvalue weighted by Crippen LogP contribution is -2.48. The minimum absolute atomic E-state index is 0.0145. The number of benzene rings is 2. The zero-order valence-corrected chi connectivity index (χ0v) is 25.3. The zero-order chi connectivity index (χ0) is 29.5. The summed E-state index contributed by atoms with van der Waals surface area (Å²) in [6, 6.07) is 22.4. The third-order valence-corrected chi connectivity index (χ3v) is 12.8. The third kappa shape index (κ3) is 6.97. The molecule has 2 N–H and O–H groups in total. The van der Waals surface area contributed by atoms with Gasteiger partial charge >= 0.3 is 5.69 Å². The van der Waals surface area contributed by atoms with Crippen LogP contribution < -0.4 is 11.2 Å². The van der Waals surface area contributed by atoms with Crippen molar-refractivity contribution in [1.82, 2.24) is 9.55 Å². The molecule has 218 valence electrons. The first-order valence-electron chi connectivity index (χ1n) is 14.3. The Bertz CT molecular complexity index is 1450. The molecule has 1 saturated heterocycles. The Balaban J connectivity index is 1.78. The molecule has 0 saturated carbocycles. The van der Waals surface area contributed by atoms with Gasteiger partial charge in [0.1, 0.15) is 20.3 Å². The predicted octanol–water partition coefficient (Wildman–Crippen LogP) is 4.33. The number of hydrogen-bond donors (Lipinski definition) is 2. The van der Waals surface area contributed by atoms with Crippen molar-refractivity contribution in [2.75, 3.05) is 6.61 Å². The SMILES string of the molecule is CC[Si](C#C[C@]1(COCc2ccccc2)O[C@@H](n2cc(C)c(=O)[nH]c2=O)[C@H](O)[C@@H]1OCc1ccccc1)(CC)CC. The Labute approximate surface area is 242 Å². The second-order valence-electron chi connectivity index (χ2n) is 10.7. The van der Waals surface area contributed by atoms with E-state index < -0.39 is 43.4 Å². The number of ether oxygens (including phenoxy) is 3. The van der Waals surface area contributed by atoms with Gasteiger partial charge in [-0.25, -0.2) is 4.79 Å². The van der Waals surface area contributed by atoms with Crippen LogP contribution in [0, 0.1) is 18.4 Å². The van der Waals surface area contributed by atoms with E-state index in [-0.39, 0.29) is 13.2 Å². The second-order valence-corrected chi connectivity index (χ2v) is 15.6. The van der Waals surface area contributed by atoms with E-state index in [0.717, 1.165) is 29.3 Å². The van der Waals surface area contributed by atoms with Gasteiger partial charge < -0.3 is 19.3 Å². The van der Waals surface area contributed by atoms with Crippen LogP contribution in [0.1, 0.15) is 43.7 Å². The van der Waals surface area contributed by atoms with Gasteiger partial charge in [-0.2, -0.15) is 0 Å². The summed E-state index contributed by atoms with van der Waals surface area (Å²) in [5.41, 5.74) is 3.31. The van der Waals surface area contributed by atoms with Crippen LogP contribution >= 0.6 is 0 Å². The summed E-state index contributed by atoms with van der Waals surface area (Å²) in [6.07, 6.45) is -1.94. The lowest BCUT2D eigenvalue weighted by Gasteiger charge is -2.31. The molecule has 1 aromatic heterocycles. The van der Waals surface area contributed by atoms with Gasteiger partial charge in [-0.1, -0.05) is 87.4 Å². The summed E-state index contributed by atoms with van der Waals surface area (Å²) in [5.74, 6) is 3.43. The number of aliphatic hydroxyl groups is 1. The molecule has 41 heavy (non-hydrogen) atoms. The van der Waals surface area contributed by atoms with Crippen LogP contribution in [0.5, 0.6) is 0 Å². The topological polar surface area (TPSA) is 103 Å². The molecule has 2 aromatic carbocycles. The zero-order valence-electron chi connectivity index (χ0n) is 24.3. The summed E-state index contributed by atoms with van der Waals surface area (Å²) in [4.78, 5) is 27.3. The van der Waals surface area contributed by atoms with E-state index in [1.54, 1.807) is 6.92 Å². The number of aryl methyl sites for hydroxylation is 1. The highest BCUT2D eigenvalue weighted by atomic mass is 28.3. The Hall–Kier alpha value is -3.26. The van der Waals surface area contributed by atoms with E-state index in [1.165, 1.54) is 10.8 Å². The van der Waals surface area contributed by atoms with Crippen molar-refractivity contribution in [2.24, 2.45) is 0 Å². The molecule has 2 heterocycles. The quantitative estimate of drug-likeness (QED) is 0.260. The van der Waals surface area contributed by atoms with Gasteiger partial charge in [-0.15, -0.1) is 5.54 Å². The molecule has 1 aliphatic rings. The molecule has 8 nitrogen and oxygen atoms in total. The summed E-state index contributed by atoms with van der Waals surface area (Å²) >= 11 is 0. The molecule has 4 rings (SSSR count). The Kier molecular flexibility index (Phi) is 10.2. The molecule has 9 heteroatoms. The molecular formula is C32H40N2O6Si. The van der Waals surface area contributed by atoms with Crippen LogP contribution in [-0.4, -0.2) is 47.1 Å². The summed E-state index contributed by atoms with van der Waals surface area (Å²) in [5, 5.41) is 11.7. The van der Waals surface area contributed by atoms with Gasteiger partial charge in [0, 0.05) is 11.8 Å². The number of nitrogens with one attached hydrogen (secondary N) is 1. The van der Waals surface area contributed by atoms with Crippen molar-refractivity contribution >= 4 is 8.07 Å². The van der Waals surface area contributed by atoms with Crippen LogP contribution in [0.15, 0.2) is 76.4 Å². The fourth-order valence-corrected chi connectivity index (χ4v) is 7.68. The smallest absolute Gasteiger partial charge is 0.330 e. The summed E-state index contributed by atoms with van der Waals surface area (Å²) < 4.78 is 20.4. The van der Waals surface area contributed by atoms with E-state index in [9.17, 15) is 14.7 Å². The number of aromatic nitrogens is 2. The van der Waals surface area contributed by atoms with Crippen molar-refractivity contribution in [3.8, 4) is 11.5 Å². The van der Waals surface area contributed by atoms with E-state index in [1.807, 2.05) is 60.7 Å². The minimum atomic E-state index is -1.95. The van der Waals surface area contributed by atoms with Crippen molar-refractivity contribution in [3.05, 3.63) is 104 Å². The van der Waals surface area contributed by atoms with Crippen LogP contribution in [0.3, 0.4) is 0 Å². The average Bonchev–Trinajstić information content (AvgIpc) is 3.26. The molecule has 1 aliphatic heterocycles. The number of aliphatic hydroxyl groups excluding tert-OH is 1. The van der Waals surface area contributed by atoms with Crippen LogP contribution in [0.2, 0.25) is 18.1 Å². The maximum absolute atomic E-state index is 12.9. The number of aromatic amines is 1. The third-order valence-electron chi connectivity index (χ3n) is 8.08. The predicted molar refractivity (Wildman–Crippen MR) is 161 cm³/mol. The Morgan fingerprint density at radius 3 is 2.15 bits per heavy atom. The standard InChI is InChI=1S/C32H40N2O6Si/c1-5-41(6-2,7-3)19-18-32(23-38-21-25-14-10-8-11-15-25)28(39-22-26-16-12-9-13-17-26)27(35)30(40-32)34-20-24(4)29(36)33-31(34)37/h8-17,20,27-28,30,35H,5-7,21-23H2,1-4H3,(H,33,36,37)/t27-,28+,30-,32-/m1/s1. The van der Waals surface area contributed by atoms with Crippen molar-refractivity contribution in [3.63, 3.8) is 0 Å². The van der Waals surface area contributed by atoms with Gasteiger partial charge in [-0.3, -0.25) is 14.3 Å². The monoisotopic (exact) mass is 576 g/mol. The second kappa shape index (κ2) is 13.6. The van der Waals surface area contributed by atoms with Gasteiger partial charge in [0.05, 0.1) is 19.8 Å². The maximum atomic E-state index is 12.9. The molecule has 3 aromatic rings. The molecule has 4 atom stereocenters. The Morgan fingerprint density at radius 2 is 1.56 bits per heavy atom. The fraction of sp³-hybridized carbons (Fsp3) is 0.438. The highest BCUT2D eigenvalue weighted by Crippen LogP contribution is 2.40. The number of rotatable bonds is 11. The van der Waals surface area contributed by atoms with Crippen LogP contribution in [0.4, 0.5) is 0 Å². The van der Waals surface area contributed by atoms with E-state index in [4.69, 9.17) is 14.2 Å². The molecule has 0 aliphatic carbocycles. The number of H-pyrrole nitrogens is 1. The highest BCUT2D eigenvalue weighted by molar-refractivity contribution is 6.87. The molecular weight excluding hydrogens is 536 g/mol. The molecule has 0 unspecified atom stereocenters. The Morgan fingerprint density at radius 1 is 0.976 bits per heavy atom. The fourth-order valence-electron chi connectivity index (χ4n) is 5.17. The normalized spacial score (nSPS) is 22.3. The van der Waals surface area contributed by atoms with Gasteiger partial charge in [-0.05, 0) is 36.2 Å². The average molecular weight is 577 g/mol. The molecule has 0 radical (unpaired) electrons. The van der Waals surface area contributed by atoms with Crippen LogP contribution in [-0.2, 0) is 27.4 Å². The number of hydrogen-bond acceptors (Lipinski definition) is 6.